The molecule has 6 rings (SSSR count). The van der Waals surface area contributed by atoms with Crippen molar-refractivity contribution < 1.29 is 13.9 Å². The Bertz CT molecular complexity index is 2040. The summed E-state index contributed by atoms with van der Waals surface area (Å²) in [5.74, 6) is -0.545. The minimum atomic E-state index is -0.698. The number of esters is 1. The van der Waals surface area contributed by atoms with Gasteiger partial charge >= 0.3 is 5.97 Å². The first kappa shape index (κ1) is 28.2. The smallest absolute Gasteiger partial charge is 0.338 e. The van der Waals surface area contributed by atoms with Gasteiger partial charge in [-0.3, -0.25) is 9.36 Å². The van der Waals surface area contributed by atoms with Crippen LogP contribution >= 0.6 is 11.3 Å². The average molecular weight is 593 g/mol. The number of aromatic nitrogens is 3. The van der Waals surface area contributed by atoms with Crippen molar-refractivity contribution in [1.29, 1.82) is 0 Å². The fourth-order valence-electron chi connectivity index (χ4n) is 5.25. The second kappa shape index (κ2) is 11.4. The average Bonchev–Trinajstić information content (AvgIpc) is 3.57. The zero-order chi connectivity index (χ0) is 30.2. The van der Waals surface area contributed by atoms with Crippen molar-refractivity contribution in [2.75, 3.05) is 7.11 Å². The monoisotopic (exact) mass is 592 g/mol. The molecule has 0 saturated heterocycles. The number of methoxy groups -OCH3 is 1. The number of nitrogens with zero attached hydrogens (tertiary/aromatic N) is 4. The van der Waals surface area contributed by atoms with Gasteiger partial charge in [0.15, 0.2) is 4.80 Å². The van der Waals surface area contributed by atoms with Gasteiger partial charge in [-0.15, -0.1) is 0 Å². The summed E-state index contributed by atoms with van der Waals surface area (Å²) in [7, 11) is 1.33. The third kappa shape index (κ3) is 5.28. The van der Waals surface area contributed by atoms with Crippen LogP contribution < -0.4 is 14.9 Å². The molecular formula is C34H29FN4O3S. The minimum absolute atomic E-state index is 0.284. The SMILES string of the molecule is COC(=O)C1=C(C)N=c2s/c(=C/c3cn(-c4ccccc4)nc3-c3ccc(F)cc3)c(=O)n2C1c1ccc(C(C)C)cc1. The van der Waals surface area contributed by atoms with Crippen LogP contribution in [0.15, 0.2) is 106 Å². The lowest BCUT2D eigenvalue weighted by atomic mass is 9.93. The van der Waals surface area contributed by atoms with Crippen LogP contribution in [0, 0.1) is 5.82 Å². The van der Waals surface area contributed by atoms with Crippen LogP contribution in [0.25, 0.3) is 23.0 Å². The van der Waals surface area contributed by atoms with Crippen LogP contribution in [-0.2, 0) is 9.53 Å². The van der Waals surface area contributed by atoms with Crippen molar-refractivity contribution in [1.82, 2.24) is 14.3 Å². The van der Waals surface area contributed by atoms with E-state index in [1.54, 1.807) is 34.4 Å². The van der Waals surface area contributed by atoms with Crippen molar-refractivity contribution in [3.63, 3.8) is 0 Å². The summed E-state index contributed by atoms with van der Waals surface area (Å²) in [6.07, 6.45) is 3.63. The third-order valence-corrected chi connectivity index (χ3v) is 8.50. The number of thiazole rings is 1. The predicted molar refractivity (Wildman–Crippen MR) is 165 cm³/mol. The molecule has 216 valence electrons. The van der Waals surface area contributed by atoms with Gasteiger partial charge in [-0.05, 0) is 66.4 Å². The summed E-state index contributed by atoms with van der Waals surface area (Å²) in [6.45, 7) is 5.99. The fraction of sp³-hybridized carbons (Fsp3) is 0.176. The van der Waals surface area contributed by atoms with Gasteiger partial charge in [0.25, 0.3) is 5.56 Å². The molecule has 0 amide bonds. The van der Waals surface area contributed by atoms with Crippen LogP contribution in [0.2, 0.25) is 0 Å². The van der Waals surface area contributed by atoms with Gasteiger partial charge in [-0.25, -0.2) is 18.9 Å². The Labute approximate surface area is 251 Å². The Morgan fingerprint density at radius 3 is 2.37 bits per heavy atom. The molecule has 0 saturated carbocycles. The van der Waals surface area contributed by atoms with E-state index in [0.717, 1.165) is 16.8 Å². The minimum Gasteiger partial charge on any atom is -0.466 e. The van der Waals surface area contributed by atoms with Gasteiger partial charge in [0.2, 0.25) is 0 Å². The maximum absolute atomic E-state index is 14.1. The highest BCUT2D eigenvalue weighted by Crippen LogP contribution is 2.31. The van der Waals surface area contributed by atoms with E-state index < -0.39 is 12.0 Å². The van der Waals surface area contributed by atoms with Gasteiger partial charge in [-0.1, -0.05) is 67.6 Å². The summed E-state index contributed by atoms with van der Waals surface area (Å²) < 4.78 is 22.6. The summed E-state index contributed by atoms with van der Waals surface area (Å²) in [4.78, 5) is 32.3. The highest BCUT2D eigenvalue weighted by Gasteiger charge is 2.33. The van der Waals surface area contributed by atoms with E-state index in [9.17, 15) is 14.0 Å². The zero-order valence-electron chi connectivity index (χ0n) is 24.1. The molecular weight excluding hydrogens is 563 g/mol. The van der Waals surface area contributed by atoms with Crippen LogP contribution in [0.1, 0.15) is 49.4 Å². The molecule has 43 heavy (non-hydrogen) atoms. The molecule has 1 atom stereocenters. The molecule has 9 heteroatoms. The number of carbonyl (C=O) groups excluding carboxylic acids is 1. The second-order valence-corrected chi connectivity index (χ2v) is 11.6. The van der Waals surface area contributed by atoms with E-state index in [2.05, 4.69) is 18.8 Å². The molecule has 1 unspecified atom stereocenters. The number of benzene rings is 3. The third-order valence-electron chi connectivity index (χ3n) is 7.51. The largest absolute Gasteiger partial charge is 0.466 e. The van der Waals surface area contributed by atoms with E-state index in [1.165, 1.54) is 30.6 Å². The number of halogens is 1. The number of ether oxygens (including phenoxy) is 1. The highest BCUT2D eigenvalue weighted by atomic mass is 32.1. The van der Waals surface area contributed by atoms with Crippen LogP contribution in [0.4, 0.5) is 4.39 Å². The summed E-state index contributed by atoms with van der Waals surface area (Å²) in [5, 5.41) is 4.80. The molecule has 0 radical (unpaired) electrons. The second-order valence-electron chi connectivity index (χ2n) is 10.6. The lowest BCUT2D eigenvalue weighted by Crippen LogP contribution is -2.39. The first-order valence-corrected chi connectivity index (χ1v) is 14.7. The topological polar surface area (TPSA) is 78.5 Å². The van der Waals surface area contributed by atoms with Crippen LogP contribution in [0.5, 0.6) is 0 Å². The standard InChI is InChI=1S/C34H29FN4O3S/c1-20(2)22-10-12-24(13-11-22)31-29(33(41)42-4)21(3)36-34-39(31)32(40)28(43-34)18-25-19-38(27-8-6-5-7-9-27)37-30(25)23-14-16-26(35)17-15-23/h5-20,31H,1-4H3/b28-18+. The summed E-state index contributed by atoms with van der Waals surface area (Å²) >= 11 is 1.24. The van der Waals surface area contributed by atoms with Crippen LogP contribution in [0.3, 0.4) is 0 Å². The number of carbonyl (C=O) groups is 1. The lowest BCUT2D eigenvalue weighted by Gasteiger charge is -2.24. The van der Waals surface area contributed by atoms with E-state index in [1.807, 2.05) is 60.8 Å². The number of hydrogen-bond acceptors (Lipinski definition) is 6. The normalized spacial score (nSPS) is 15.0. The number of fused-ring (bicyclic) bond motifs is 1. The van der Waals surface area contributed by atoms with Gasteiger partial charge in [0, 0.05) is 17.3 Å². The molecule has 0 spiro atoms. The van der Waals surface area contributed by atoms with E-state index in [4.69, 9.17) is 9.84 Å². The lowest BCUT2D eigenvalue weighted by molar-refractivity contribution is -0.136. The molecule has 0 aliphatic carbocycles. The van der Waals surface area contributed by atoms with Gasteiger partial charge in [0.05, 0.1) is 34.6 Å². The molecule has 0 N–H and O–H groups in total. The Morgan fingerprint density at radius 1 is 1.02 bits per heavy atom. The van der Waals surface area contributed by atoms with Crippen molar-refractivity contribution in [2.24, 2.45) is 4.99 Å². The van der Waals surface area contributed by atoms with Gasteiger partial charge < -0.3 is 4.74 Å². The molecule has 5 aromatic rings. The maximum atomic E-state index is 14.1. The van der Waals surface area contributed by atoms with Gasteiger partial charge in [0.1, 0.15) is 11.5 Å². The molecule has 3 aromatic carbocycles. The molecule has 0 fully saturated rings. The quantitative estimate of drug-likeness (QED) is 0.243. The van der Waals surface area contributed by atoms with Crippen molar-refractivity contribution >= 4 is 23.4 Å². The van der Waals surface area contributed by atoms with E-state index in [0.29, 0.717) is 43.3 Å². The number of allylic oxidation sites excluding steroid dienone is 1. The van der Waals surface area contributed by atoms with Crippen molar-refractivity contribution in [2.45, 2.75) is 32.7 Å². The molecule has 0 bridgehead atoms. The molecule has 1 aliphatic rings. The number of hydrogen-bond donors (Lipinski definition) is 0. The molecule has 3 heterocycles. The Balaban J connectivity index is 1.55. The van der Waals surface area contributed by atoms with Crippen molar-refractivity contribution in [3.8, 4) is 16.9 Å². The fourth-order valence-corrected chi connectivity index (χ4v) is 6.29. The Kier molecular flexibility index (Phi) is 7.50. The number of para-hydroxylation sites is 1. The zero-order valence-corrected chi connectivity index (χ0v) is 24.9. The molecule has 7 nitrogen and oxygen atoms in total. The predicted octanol–water partition coefficient (Wildman–Crippen LogP) is 5.52. The van der Waals surface area contributed by atoms with E-state index in [-0.39, 0.29) is 11.4 Å². The molecule has 2 aromatic heterocycles. The van der Waals surface area contributed by atoms with E-state index >= 15 is 0 Å². The van der Waals surface area contributed by atoms with Gasteiger partial charge in [-0.2, -0.15) is 5.10 Å². The molecule has 1 aliphatic heterocycles. The Hall–Kier alpha value is -4.89. The highest BCUT2D eigenvalue weighted by molar-refractivity contribution is 7.07. The first-order chi connectivity index (χ1) is 20.7. The summed E-state index contributed by atoms with van der Waals surface area (Å²) in [6, 6.07) is 23.0. The maximum Gasteiger partial charge on any atom is 0.338 e. The first-order valence-electron chi connectivity index (χ1n) is 13.9. The summed E-state index contributed by atoms with van der Waals surface area (Å²) in [5.41, 5.74) is 5.31. The van der Waals surface area contributed by atoms with Crippen molar-refractivity contribution in [3.05, 3.63) is 139 Å². The van der Waals surface area contributed by atoms with Crippen LogP contribution in [-0.4, -0.2) is 27.4 Å². The Morgan fingerprint density at radius 2 is 1.72 bits per heavy atom. The number of rotatable bonds is 6.